The molecule has 0 bridgehead atoms. The highest BCUT2D eigenvalue weighted by molar-refractivity contribution is 5.38. The number of aliphatic hydroxyl groups excluding tert-OH is 1. The smallest absolute Gasteiger partial charge is 0.232 e. The Labute approximate surface area is 113 Å². The first-order valence-electron chi connectivity index (χ1n) is 6.63. The Bertz CT molecular complexity index is 390. The first-order chi connectivity index (χ1) is 9.28. The van der Waals surface area contributed by atoms with E-state index in [1.165, 1.54) is 6.42 Å². The van der Waals surface area contributed by atoms with E-state index in [4.69, 9.17) is 14.6 Å². The molecular formula is C13H21N3O3. The molecule has 1 aromatic heterocycles. The number of aromatic nitrogens is 2. The third kappa shape index (κ3) is 3.26. The minimum absolute atomic E-state index is 0.183. The summed E-state index contributed by atoms with van der Waals surface area (Å²) in [4.78, 5) is 10.9. The standard InChI is InChI=1S/C13H21N3O3/c1-18-11-9-12(19-2)15-13(14-11)16-7-4-3-5-10(16)6-8-17/h9-10,17H,3-8H2,1-2H3. The summed E-state index contributed by atoms with van der Waals surface area (Å²) in [7, 11) is 3.15. The van der Waals surface area contributed by atoms with Gasteiger partial charge in [-0.05, 0) is 25.7 Å². The highest BCUT2D eigenvalue weighted by Crippen LogP contribution is 2.27. The van der Waals surface area contributed by atoms with E-state index in [-0.39, 0.29) is 12.6 Å². The van der Waals surface area contributed by atoms with Gasteiger partial charge in [0.15, 0.2) is 0 Å². The van der Waals surface area contributed by atoms with Crippen LogP contribution < -0.4 is 14.4 Å². The Hall–Kier alpha value is -1.56. The van der Waals surface area contributed by atoms with Crippen LogP contribution in [0.15, 0.2) is 6.07 Å². The molecule has 6 heteroatoms. The molecule has 19 heavy (non-hydrogen) atoms. The van der Waals surface area contributed by atoms with Crippen LogP contribution in [-0.4, -0.2) is 48.5 Å². The topological polar surface area (TPSA) is 67.7 Å². The van der Waals surface area contributed by atoms with Crippen LogP contribution in [0, 0.1) is 0 Å². The van der Waals surface area contributed by atoms with Crippen molar-refractivity contribution >= 4 is 5.95 Å². The van der Waals surface area contributed by atoms with E-state index in [1.54, 1.807) is 20.3 Å². The van der Waals surface area contributed by atoms with Gasteiger partial charge in [0.05, 0.1) is 20.3 Å². The lowest BCUT2D eigenvalue weighted by Gasteiger charge is -2.35. The minimum atomic E-state index is 0.183. The molecule has 106 valence electrons. The molecule has 2 rings (SSSR count). The van der Waals surface area contributed by atoms with Crippen molar-refractivity contribution in [2.75, 3.05) is 32.3 Å². The number of rotatable bonds is 5. The van der Waals surface area contributed by atoms with E-state index >= 15 is 0 Å². The fourth-order valence-electron chi connectivity index (χ4n) is 2.44. The van der Waals surface area contributed by atoms with Crippen LogP contribution in [0.1, 0.15) is 25.7 Å². The van der Waals surface area contributed by atoms with Crippen LogP contribution in [0.2, 0.25) is 0 Å². The molecule has 0 spiro atoms. The molecule has 6 nitrogen and oxygen atoms in total. The zero-order valence-electron chi connectivity index (χ0n) is 11.5. The summed E-state index contributed by atoms with van der Waals surface area (Å²) in [5, 5.41) is 9.17. The second-order valence-electron chi connectivity index (χ2n) is 4.61. The lowest BCUT2D eigenvalue weighted by Crippen LogP contribution is -2.41. The fourth-order valence-corrected chi connectivity index (χ4v) is 2.44. The van der Waals surface area contributed by atoms with E-state index in [0.717, 1.165) is 25.8 Å². The van der Waals surface area contributed by atoms with Gasteiger partial charge in [-0.3, -0.25) is 0 Å². The van der Waals surface area contributed by atoms with Gasteiger partial charge < -0.3 is 19.5 Å². The van der Waals surface area contributed by atoms with Gasteiger partial charge in [-0.1, -0.05) is 0 Å². The molecule has 1 atom stereocenters. The van der Waals surface area contributed by atoms with Crippen molar-refractivity contribution in [2.24, 2.45) is 0 Å². The number of anilines is 1. The maximum absolute atomic E-state index is 9.17. The van der Waals surface area contributed by atoms with Gasteiger partial charge in [-0.15, -0.1) is 0 Å². The average Bonchev–Trinajstić information content (AvgIpc) is 2.47. The van der Waals surface area contributed by atoms with Crippen LogP contribution in [0.4, 0.5) is 5.95 Å². The van der Waals surface area contributed by atoms with Gasteiger partial charge in [0, 0.05) is 19.2 Å². The van der Waals surface area contributed by atoms with Crippen LogP contribution in [-0.2, 0) is 0 Å². The number of ether oxygens (including phenoxy) is 2. The van der Waals surface area contributed by atoms with Crippen molar-refractivity contribution in [3.63, 3.8) is 0 Å². The van der Waals surface area contributed by atoms with E-state index < -0.39 is 0 Å². The largest absolute Gasteiger partial charge is 0.481 e. The predicted molar refractivity (Wildman–Crippen MR) is 71.8 cm³/mol. The number of piperidine rings is 1. The van der Waals surface area contributed by atoms with Gasteiger partial charge in [-0.2, -0.15) is 9.97 Å². The highest BCUT2D eigenvalue weighted by Gasteiger charge is 2.25. The molecule has 0 aliphatic carbocycles. The number of aliphatic hydroxyl groups is 1. The second-order valence-corrected chi connectivity index (χ2v) is 4.61. The third-order valence-electron chi connectivity index (χ3n) is 3.43. The first-order valence-corrected chi connectivity index (χ1v) is 6.63. The second kappa shape index (κ2) is 6.56. The molecule has 1 N–H and O–H groups in total. The zero-order valence-corrected chi connectivity index (χ0v) is 11.5. The number of hydrogen-bond donors (Lipinski definition) is 1. The van der Waals surface area contributed by atoms with Crippen LogP contribution in [0.5, 0.6) is 11.8 Å². The Kier molecular flexibility index (Phi) is 4.79. The highest BCUT2D eigenvalue weighted by atomic mass is 16.5. The molecule has 1 fully saturated rings. The van der Waals surface area contributed by atoms with Crippen molar-refractivity contribution in [2.45, 2.75) is 31.7 Å². The summed E-state index contributed by atoms with van der Waals surface area (Å²) in [6.07, 6.45) is 4.10. The molecular weight excluding hydrogens is 246 g/mol. The van der Waals surface area contributed by atoms with Crippen molar-refractivity contribution < 1.29 is 14.6 Å². The number of hydrogen-bond acceptors (Lipinski definition) is 6. The quantitative estimate of drug-likeness (QED) is 0.865. The molecule has 2 heterocycles. The van der Waals surface area contributed by atoms with Gasteiger partial charge >= 0.3 is 0 Å². The Morgan fingerprint density at radius 2 is 1.95 bits per heavy atom. The Morgan fingerprint density at radius 1 is 1.26 bits per heavy atom. The molecule has 0 saturated carbocycles. The molecule has 0 amide bonds. The fraction of sp³-hybridized carbons (Fsp3) is 0.692. The summed E-state index contributed by atoms with van der Waals surface area (Å²) >= 11 is 0. The lowest BCUT2D eigenvalue weighted by molar-refractivity contribution is 0.261. The average molecular weight is 267 g/mol. The summed E-state index contributed by atoms with van der Waals surface area (Å²) in [5.74, 6) is 1.61. The zero-order chi connectivity index (χ0) is 13.7. The summed E-state index contributed by atoms with van der Waals surface area (Å²) in [6, 6.07) is 1.95. The van der Waals surface area contributed by atoms with E-state index in [9.17, 15) is 0 Å². The van der Waals surface area contributed by atoms with E-state index in [2.05, 4.69) is 14.9 Å². The molecule has 1 aliphatic rings. The monoisotopic (exact) mass is 267 g/mol. The third-order valence-corrected chi connectivity index (χ3v) is 3.43. The van der Waals surface area contributed by atoms with Gasteiger partial charge in [0.25, 0.3) is 0 Å². The van der Waals surface area contributed by atoms with Gasteiger partial charge in [-0.25, -0.2) is 0 Å². The molecule has 1 aliphatic heterocycles. The normalized spacial score (nSPS) is 19.3. The molecule has 1 saturated heterocycles. The van der Waals surface area contributed by atoms with Gasteiger partial charge in [0.1, 0.15) is 0 Å². The maximum Gasteiger partial charge on any atom is 0.232 e. The van der Waals surface area contributed by atoms with E-state index in [1.807, 2.05) is 0 Å². The van der Waals surface area contributed by atoms with Crippen molar-refractivity contribution in [3.8, 4) is 11.8 Å². The maximum atomic E-state index is 9.17. The van der Waals surface area contributed by atoms with Crippen LogP contribution in [0.25, 0.3) is 0 Å². The van der Waals surface area contributed by atoms with E-state index in [0.29, 0.717) is 17.7 Å². The van der Waals surface area contributed by atoms with Crippen molar-refractivity contribution in [1.82, 2.24) is 9.97 Å². The lowest BCUT2D eigenvalue weighted by atomic mass is 10.0. The summed E-state index contributed by atoms with van der Waals surface area (Å²) in [5.41, 5.74) is 0. The van der Waals surface area contributed by atoms with Crippen LogP contribution in [0.3, 0.4) is 0 Å². The molecule has 0 radical (unpaired) electrons. The van der Waals surface area contributed by atoms with Crippen molar-refractivity contribution in [1.29, 1.82) is 0 Å². The number of methoxy groups -OCH3 is 2. The predicted octanol–water partition coefficient (Wildman–Crippen LogP) is 1.24. The molecule has 0 aromatic carbocycles. The number of nitrogens with zero attached hydrogens (tertiary/aromatic N) is 3. The molecule has 1 aromatic rings. The summed E-state index contributed by atoms with van der Waals surface area (Å²) < 4.78 is 10.4. The first kappa shape index (κ1) is 13.9. The summed E-state index contributed by atoms with van der Waals surface area (Å²) in [6.45, 7) is 1.09. The van der Waals surface area contributed by atoms with Gasteiger partial charge in [0.2, 0.25) is 17.7 Å². The van der Waals surface area contributed by atoms with Crippen molar-refractivity contribution in [3.05, 3.63) is 6.07 Å². The minimum Gasteiger partial charge on any atom is -0.481 e. The van der Waals surface area contributed by atoms with Crippen LogP contribution >= 0.6 is 0 Å². The Balaban J connectivity index is 2.26. The molecule has 1 unspecified atom stereocenters. The Morgan fingerprint density at radius 3 is 2.53 bits per heavy atom. The SMILES string of the molecule is COc1cc(OC)nc(N2CCCCC2CCO)n1.